The highest BCUT2D eigenvalue weighted by molar-refractivity contribution is 5.78. The molecule has 100 valence electrons. The predicted molar refractivity (Wildman–Crippen MR) is 76.8 cm³/mol. The zero-order chi connectivity index (χ0) is 13.1. The van der Waals surface area contributed by atoms with Crippen LogP contribution in [0.1, 0.15) is 31.2 Å². The van der Waals surface area contributed by atoms with E-state index in [2.05, 4.69) is 34.6 Å². The molecule has 3 heteroatoms. The molecule has 0 aliphatic heterocycles. The quantitative estimate of drug-likeness (QED) is 0.887. The Morgan fingerprint density at radius 1 is 1.16 bits per heavy atom. The first-order chi connectivity index (χ1) is 9.31. The van der Waals surface area contributed by atoms with E-state index in [1.165, 1.54) is 10.9 Å². The van der Waals surface area contributed by atoms with Crippen molar-refractivity contribution < 1.29 is 5.11 Å². The summed E-state index contributed by atoms with van der Waals surface area (Å²) in [4.78, 5) is 4.33. The number of aliphatic hydroxyl groups is 1. The molecule has 0 atom stereocenters. The van der Waals surface area contributed by atoms with E-state index < -0.39 is 0 Å². The van der Waals surface area contributed by atoms with Crippen molar-refractivity contribution in [2.75, 3.05) is 0 Å². The molecule has 1 saturated carbocycles. The van der Waals surface area contributed by atoms with E-state index in [-0.39, 0.29) is 6.10 Å². The van der Waals surface area contributed by atoms with Crippen LogP contribution in [0.5, 0.6) is 0 Å². The first-order valence-electron chi connectivity index (χ1n) is 7.06. The topological polar surface area (TPSA) is 45.1 Å². The molecule has 19 heavy (non-hydrogen) atoms. The monoisotopic (exact) mass is 256 g/mol. The van der Waals surface area contributed by atoms with Gasteiger partial charge >= 0.3 is 0 Å². The van der Waals surface area contributed by atoms with Crippen molar-refractivity contribution in [1.29, 1.82) is 0 Å². The second kappa shape index (κ2) is 5.68. The van der Waals surface area contributed by atoms with Gasteiger partial charge in [-0.1, -0.05) is 12.1 Å². The van der Waals surface area contributed by atoms with E-state index in [4.69, 9.17) is 0 Å². The van der Waals surface area contributed by atoms with Crippen LogP contribution in [-0.2, 0) is 6.54 Å². The van der Waals surface area contributed by atoms with Gasteiger partial charge in [0.2, 0.25) is 0 Å². The molecule has 2 aromatic rings. The minimum Gasteiger partial charge on any atom is -0.393 e. The lowest BCUT2D eigenvalue weighted by Gasteiger charge is -2.26. The largest absolute Gasteiger partial charge is 0.393 e. The van der Waals surface area contributed by atoms with Gasteiger partial charge in [0.1, 0.15) is 0 Å². The highest BCUT2D eigenvalue weighted by Gasteiger charge is 2.18. The molecule has 1 aromatic heterocycles. The Morgan fingerprint density at radius 2 is 2.00 bits per heavy atom. The van der Waals surface area contributed by atoms with Gasteiger partial charge in [0.05, 0.1) is 11.6 Å². The Morgan fingerprint density at radius 3 is 2.84 bits per heavy atom. The van der Waals surface area contributed by atoms with Crippen LogP contribution in [-0.4, -0.2) is 22.2 Å². The molecule has 1 heterocycles. The van der Waals surface area contributed by atoms with E-state index in [1.54, 1.807) is 0 Å². The van der Waals surface area contributed by atoms with Gasteiger partial charge in [0, 0.05) is 24.2 Å². The molecule has 3 nitrogen and oxygen atoms in total. The SMILES string of the molecule is OC1CCC(NCc2ccc3ncccc3c2)CC1. The van der Waals surface area contributed by atoms with Crippen molar-refractivity contribution >= 4 is 10.9 Å². The van der Waals surface area contributed by atoms with Crippen LogP contribution in [0.3, 0.4) is 0 Å². The number of rotatable bonds is 3. The van der Waals surface area contributed by atoms with Gasteiger partial charge in [-0.3, -0.25) is 4.98 Å². The van der Waals surface area contributed by atoms with Gasteiger partial charge in [-0.05, 0) is 49.4 Å². The van der Waals surface area contributed by atoms with Crippen LogP contribution in [0.4, 0.5) is 0 Å². The summed E-state index contributed by atoms with van der Waals surface area (Å²) in [5.41, 5.74) is 2.35. The maximum absolute atomic E-state index is 9.50. The predicted octanol–water partition coefficient (Wildman–Crippen LogP) is 2.63. The number of aromatic nitrogens is 1. The standard InChI is InChI=1S/C16H20N2O/c19-15-6-4-14(5-7-15)18-11-12-3-8-16-13(10-12)2-1-9-17-16/h1-3,8-10,14-15,18-19H,4-7,11H2. The number of nitrogens with zero attached hydrogens (tertiary/aromatic N) is 1. The van der Waals surface area contributed by atoms with E-state index in [0.29, 0.717) is 6.04 Å². The van der Waals surface area contributed by atoms with Crippen LogP contribution in [0, 0.1) is 0 Å². The van der Waals surface area contributed by atoms with Gasteiger partial charge in [-0.15, -0.1) is 0 Å². The molecule has 0 amide bonds. The summed E-state index contributed by atoms with van der Waals surface area (Å²) in [5.74, 6) is 0. The highest BCUT2D eigenvalue weighted by atomic mass is 16.3. The second-order valence-electron chi connectivity index (χ2n) is 5.42. The number of fused-ring (bicyclic) bond motifs is 1. The third-order valence-electron chi connectivity index (χ3n) is 3.96. The number of pyridine rings is 1. The minimum atomic E-state index is -0.0789. The van der Waals surface area contributed by atoms with E-state index in [9.17, 15) is 5.11 Å². The van der Waals surface area contributed by atoms with Gasteiger partial charge in [-0.2, -0.15) is 0 Å². The first kappa shape index (κ1) is 12.6. The van der Waals surface area contributed by atoms with Gasteiger partial charge in [-0.25, -0.2) is 0 Å². The third kappa shape index (κ3) is 3.11. The normalized spacial score (nSPS) is 23.6. The van der Waals surface area contributed by atoms with E-state index >= 15 is 0 Å². The lowest BCUT2D eigenvalue weighted by Crippen LogP contribution is -2.34. The maximum Gasteiger partial charge on any atom is 0.0702 e. The summed E-state index contributed by atoms with van der Waals surface area (Å²) in [6, 6.07) is 11.0. The summed E-state index contributed by atoms with van der Waals surface area (Å²) in [5, 5.41) is 14.3. The van der Waals surface area contributed by atoms with Crippen molar-refractivity contribution in [1.82, 2.24) is 10.3 Å². The molecular formula is C16H20N2O. The van der Waals surface area contributed by atoms with E-state index in [0.717, 1.165) is 37.7 Å². The highest BCUT2D eigenvalue weighted by Crippen LogP contribution is 2.19. The average molecular weight is 256 g/mol. The molecule has 0 saturated heterocycles. The summed E-state index contributed by atoms with van der Waals surface area (Å²) in [7, 11) is 0. The van der Waals surface area contributed by atoms with Crippen LogP contribution >= 0.6 is 0 Å². The fraction of sp³-hybridized carbons (Fsp3) is 0.438. The molecule has 0 unspecified atom stereocenters. The molecule has 1 fully saturated rings. The Labute approximate surface area is 113 Å². The molecule has 2 N–H and O–H groups in total. The Kier molecular flexibility index (Phi) is 3.76. The molecule has 1 aromatic carbocycles. The van der Waals surface area contributed by atoms with Crippen molar-refractivity contribution in [3.05, 3.63) is 42.1 Å². The second-order valence-corrected chi connectivity index (χ2v) is 5.42. The summed E-state index contributed by atoms with van der Waals surface area (Å²) < 4.78 is 0. The summed E-state index contributed by atoms with van der Waals surface area (Å²) >= 11 is 0. The Hall–Kier alpha value is -1.45. The van der Waals surface area contributed by atoms with E-state index in [1.807, 2.05) is 12.3 Å². The number of hydrogen-bond acceptors (Lipinski definition) is 3. The molecule has 1 aliphatic carbocycles. The van der Waals surface area contributed by atoms with Gasteiger partial charge < -0.3 is 10.4 Å². The van der Waals surface area contributed by atoms with Crippen molar-refractivity contribution in [2.45, 2.75) is 44.4 Å². The Balaban J connectivity index is 1.62. The molecule has 1 aliphatic rings. The smallest absolute Gasteiger partial charge is 0.0702 e. The molecular weight excluding hydrogens is 236 g/mol. The van der Waals surface area contributed by atoms with Crippen molar-refractivity contribution in [2.24, 2.45) is 0 Å². The van der Waals surface area contributed by atoms with Gasteiger partial charge in [0.15, 0.2) is 0 Å². The average Bonchev–Trinajstić information content (AvgIpc) is 2.46. The number of benzene rings is 1. The maximum atomic E-state index is 9.50. The van der Waals surface area contributed by atoms with Crippen LogP contribution in [0.2, 0.25) is 0 Å². The number of aliphatic hydroxyl groups excluding tert-OH is 1. The fourth-order valence-electron chi connectivity index (χ4n) is 2.78. The zero-order valence-corrected chi connectivity index (χ0v) is 11.0. The molecule has 0 spiro atoms. The first-order valence-corrected chi connectivity index (χ1v) is 7.06. The van der Waals surface area contributed by atoms with Crippen LogP contribution in [0.25, 0.3) is 10.9 Å². The summed E-state index contributed by atoms with van der Waals surface area (Å²) in [6.07, 6.45) is 5.77. The fourth-order valence-corrected chi connectivity index (χ4v) is 2.78. The van der Waals surface area contributed by atoms with Gasteiger partial charge in [0.25, 0.3) is 0 Å². The minimum absolute atomic E-state index is 0.0789. The molecule has 3 rings (SSSR count). The molecule has 0 radical (unpaired) electrons. The lowest BCUT2D eigenvalue weighted by atomic mass is 9.93. The third-order valence-corrected chi connectivity index (χ3v) is 3.96. The van der Waals surface area contributed by atoms with Crippen LogP contribution in [0.15, 0.2) is 36.5 Å². The molecule has 0 bridgehead atoms. The van der Waals surface area contributed by atoms with Crippen LogP contribution < -0.4 is 5.32 Å². The Bertz CT molecular complexity index is 547. The number of hydrogen-bond donors (Lipinski definition) is 2. The summed E-state index contributed by atoms with van der Waals surface area (Å²) in [6.45, 7) is 0.894. The lowest BCUT2D eigenvalue weighted by molar-refractivity contribution is 0.116. The van der Waals surface area contributed by atoms with Crippen molar-refractivity contribution in [3.63, 3.8) is 0 Å². The number of nitrogens with one attached hydrogen (secondary N) is 1. The zero-order valence-electron chi connectivity index (χ0n) is 11.0. The van der Waals surface area contributed by atoms with Crippen molar-refractivity contribution in [3.8, 4) is 0 Å².